The number of hydrogen-bond donors (Lipinski definition) is 0. The molecule has 0 spiro atoms. The summed E-state index contributed by atoms with van der Waals surface area (Å²) in [5, 5.41) is 0. The van der Waals surface area contributed by atoms with Crippen molar-refractivity contribution in [2.24, 2.45) is 0 Å². The molecule has 1 aromatic carbocycles. The zero-order chi connectivity index (χ0) is 8.97. The molecule has 0 aliphatic heterocycles. The molecule has 0 bridgehead atoms. The summed E-state index contributed by atoms with van der Waals surface area (Å²) in [6.07, 6.45) is 0. The lowest BCUT2D eigenvalue weighted by Gasteiger charge is -2.07. The number of ether oxygens (including phenoxy) is 1. The van der Waals surface area contributed by atoms with Crippen LogP contribution in [0.4, 0.5) is 0 Å². The van der Waals surface area contributed by atoms with Crippen molar-refractivity contribution in [1.82, 2.24) is 0 Å². The molecule has 0 aliphatic rings. The normalized spacial score (nSPS) is 9.92. The second kappa shape index (κ2) is 5.12. The van der Waals surface area contributed by atoms with Gasteiger partial charge in [-0.3, -0.25) is 0 Å². The third kappa shape index (κ3) is 2.16. The van der Waals surface area contributed by atoms with Gasteiger partial charge in [-0.2, -0.15) is 0 Å². The summed E-state index contributed by atoms with van der Waals surface area (Å²) in [6, 6.07) is 5.65. The average Bonchev–Trinajstić information content (AvgIpc) is 2.16. The van der Waals surface area contributed by atoms with E-state index in [4.69, 9.17) is 26.1 Å². The molecule has 0 fully saturated rings. The number of para-hydroxylation sites is 1. The van der Waals surface area contributed by atoms with E-state index >= 15 is 0 Å². The first kappa shape index (κ1) is 10.4. The Bertz CT molecular complexity index is 245. The van der Waals surface area contributed by atoms with Crippen molar-refractivity contribution in [3.8, 4) is 5.75 Å². The van der Waals surface area contributed by atoms with Crippen LogP contribution in [-0.2, 0) is 0 Å². The highest BCUT2D eigenvalue weighted by Gasteiger charge is 2.07. The van der Waals surface area contributed by atoms with Gasteiger partial charge in [0.15, 0.2) is 0 Å². The van der Waals surface area contributed by atoms with E-state index in [1.54, 1.807) is 7.11 Å². The predicted octanol–water partition coefficient (Wildman–Crippen LogP) is 4.19. The summed E-state index contributed by atoms with van der Waals surface area (Å²) in [5.74, 6) is 0.734. The number of benzene rings is 1. The van der Waals surface area contributed by atoms with E-state index in [1.807, 2.05) is 18.2 Å². The number of halogens is 2. The summed E-state index contributed by atoms with van der Waals surface area (Å²) >= 11 is 0. The van der Waals surface area contributed by atoms with Crippen molar-refractivity contribution in [2.45, 2.75) is 9.79 Å². The quantitative estimate of drug-likeness (QED) is 0.785. The van der Waals surface area contributed by atoms with E-state index in [9.17, 15) is 0 Å². The Labute approximate surface area is 88.8 Å². The van der Waals surface area contributed by atoms with Crippen molar-refractivity contribution in [3.05, 3.63) is 18.2 Å². The van der Waals surface area contributed by atoms with Crippen LogP contribution in [0.5, 0.6) is 5.75 Å². The second-order valence-corrected chi connectivity index (χ2v) is 4.06. The molecule has 66 valence electrons. The molecular weight excluding hydrogens is 235 g/mol. The standard InChI is InChI=1S/C7H6Cl2OS2/c1-10-7-5(11-8)3-2-4-6(7)12-9/h2-4H,1H3. The Balaban J connectivity index is 3.13. The fourth-order valence-corrected chi connectivity index (χ4v) is 2.40. The molecule has 0 amide bonds. The predicted molar refractivity (Wildman–Crippen MR) is 56.4 cm³/mol. The summed E-state index contributed by atoms with van der Waals surface area (Å²) in [4.78, 5) is 1.76. The first-order valence-corrected chi connectivity index (χ1v) is 6.36. The Hall–Kier alpha value is 0.300. The van der Waals surface area contributed by atoms with Gasteiger partial charge in [-0.25, -0.2) is 0 Å². The van der Waals surface area contributed by atoms with E-state index < -0.39 is 0 Å². The third-order valence-corrected chi connectivity index (χ3v) is 3.29. The van der Waals surface area contributed by atoms with E-state index in [2.05, 4.69) is 0 Å². The summed E-state index contributed by atoms with van der Waals surface area (Å²) in [5.41, 5.74) is 0. The molecule has 1 nitrogen and oxygen atoms in total. The van der Waals surface area contributed by atoms with Gasteiger partial charge in [0.1, 0.15) is 5.75 Å². The molecule has 0 N–H and O–H groups in total. The van der Waals surface area contributed by atoms with Crippen LogP contribution in [-0.4, -0.2) is 7.11 Å². The lowest BCUT2D eigenvalue weighted by atomic mass is 10.3. The molecule has 5 heteroatoms. The molecule has 1 rings (SSSR count). The van der Waals surface area contributed by atoms with Gasteiger partial charge in [-0.1, -0.05) is 6.07 Å². The van der Waals surface area contributed by atoms with Crippen molar-refractivity contribution < 1.29 is 4.74 Å². The van der Waals surface area contributed by atoms with Crippen LogP contribution < -0.4 is 4.74 Å². The van der Waals surface area contributed by atoms with Crippen molar-refractivity contribution in [2.75, 3.05) is 7.11 Å². The van der Waals surface area contributed by atoms with Gasteiger partial charge in [-0.05, 0) is 55.4 Å². The smallest absolute Gasteiger partial charge is 0.148 e. The van der Waals surface area contributed by atoms with Crippen LogP contribution in [0, 0.1) is 0 Å². The maximum Gasteiger partial charge on any atom is 0.148 e. The maximum absolute atomic E-state index is 5.62. The number of hydrogen-bond acceptors (Lipinski definition) is 3. The SMILES string of the molecule is COc1c(SCl)cccc1SCl. The topological polar surface area (TPSA) is 9.23 Å². The minimum Gasteiger partial charge on any atom is -0.494 e. The first-order valence-electron chi connectivity index (χ1n) is 3.07. The monoisotopic (exact) mass is 240 g/mol. The molecule has 0 saturated carbocycles. The summed E-state index contributed by atoms with van der Waals surface area (Å²) in [6.45, 7) is 0. The highest BCUT2D eigenvalue weighted by molar-refractivity contribution is 8.21. The molecule has 0 heterocycles. The lowest BCUT2D eigenvalue weighted by molar-refractivity contribution is 0.394. The average molecular weight is 241 g/mol. The van der Waals surface area contributed by atoms with Gasteiger partial charge in [0.25, 0.3) is 0 Å². The lowest BCUT2D eigenvalue weighted by Crippen LogP contribution is -1.86. The molecule has 12 heavy (non-hydrogen) atoms. The van der Waals surface area contributed by atoms with Crippen LogP contribution in [0.3, 0.4) is 0 Å². The summed E-state index contributed by atoms with van der Waals surface area (Å²) < 4.78 is 5.15. The highest BCUT2D eigenvalue weighted by Crippen LogP contribution is 2.40. The van der Waals surface area contributed by atoms with Crippen molar-refractivity contribution in [1.29, 1.82) is 0 Å². The van der Waals surface area contributed by atoms with Crippen LogP contribution in [0.25, 0.3) is 0 Å². The van der Waals surface area contributed by atoms with Crippen molar-refractivity contribution in [3.63, 3.8) is 0 Å². The van der Waals surface area contributed by atoms with E-state index in [-0.39, 0.29) is 0 Å². The maximum atomic E-state index is 5.62. The molecule has 0 unspecified atom stereocenters. The minimum absolute atomic E-state index is 0.734. The van der Waals surface area contributed by atoms with Crippen LogP contribution >= 0.6 is 43.3 Å². The Morgan fingerprint density at radius 1 is 1.17 bits per heavy atom. The molecule has 0 atom stereocenters. The molecule has 0 radical (unpaired) electrons. The molecule has 1 aromatic rings. The fourth-order valence-electron chi connectivity index (χ4n) is 0.818. The highest BCUT2D eigenvalue weighted by atomic mass is 35.7. The third-order valence-electron chi connectivity index (χ3n) is 1.31. The van der Waals surface area contributed by atoms with Crippen molar-refractivity contribution >= 4 is 43.3 Å². The first-order chi connectivity index (χ1) is 5.83. The summed E-state index contributed by atoms with van der Waals surface area (Å²) in [7, 11) is 15.1. The molecule has 0 saturated heterocycles. The van der Waals surface area contributed by atoms with Gasteiger partial charge < -0.3 is 4.74 Å². The van der Waals surface area contributed by atoms with Crippen LogP contribution in [0.1, 0.15) is 0 Å². The van der Waals surface area contributed by atoms with Crippen LogP contribution in [0.15, 0.2) is 28.0 Å². The van der Waals surface area contributed by atoms with Gasteiger partial charge in [0.05, 0.1) is 16.9 Å². The largest absolute Gasteiger partial charge is 0.494 e. The number of methoxy groups -OCH3 is 1. The van der Waals surface area contributed by atoms with Gasteiger partial charge in [0, 0.05) is 0 Å². The van der Waals surface area contributed by atoms with E-state index in [0.29, 0.717) is 0 Å². The van der Waals surface area contributed by atoms with Gasteiger partial charge in [-0.15, -0.1) is 0 Å². The Kier molecular flexibility index (Phi) is 4.43. The van der Waals surface area contributed by atoms with Gasteiger partial charge >= 0.3 is 0 Å². The minimum atomic E-state index is 0.734. The molecule has 0 aliphatic carbocycles. The number of rotatable bonds is 3. The van der Waals surface area contributed by atoms with E-state index in [1.165, 1.54) is 0 Å². The Morgan fingerprint density at radius 3 is 2.00 bits per heavy atom. The zero-order valence-electron chi connectivity index (χ0n) is 6.21. The Morgan fingerprint density at radius 2 is 1.67 bits per heavy atom. The van der Waals surface area contributed by atoms with Gasteiger partial charge in [0.2, 0.25) is 0 Å². The van der Waals surface area contributed by atoms with Crippen LogP contribution in [0.2, 0.25) is 0 Å². The second-order valence-electron chi connectivity index (χ2n) is 1.94. The molecule has 0 aromatic heterocycles. The van der Waals surface area contributed by atoms with E-state index in [0.717, 1.165) is 37.5 Å². The molecular formula is C7H6Cl2OS2. The fraction of sp³-hybridized carbons (Fsp3) is 0.143. The zero-order valence-corrected chi connectivity index (χ0v) is 9.36.